The molecule has 2 aromatic rings. The zero-order valence-electron chi connectivity index (χ0n) is 11.8. The second-order valence-corrected chi connectivity index (χ2v) is 5.44. The molecule has 0 saturated heterocycles. The maximum atomic E-state index is 12.2. The molecular formula is C16H16Cl2N2O2. The van der Waals surface area contributed by atoms with E-state index in [0.29, 0.717) is 22.3 Å². The largest absolute Gasteiger partial charge is 0.395 e. The summed E-state index contributed by atoms with van der Waals surface area (Å²) >= 11 is 12.1. The van der Waals surface area contributed by atoms with Crippen molar-refractivity contribution in [1.29, 1.82) is 0 Å². The number of amides is 1. The standard InChI is InChI=1S/C16H16Cl2N2O2/c17-13-7-4-8-14(18)16(13)19-15(22)11-20(9-10-21)12-5-2-1-3-6-12/h1-8,21H,9-11H2,(H,19,22). The van der Waals surface area contributed by atoms with Crippen molar-refractivity contribution >= 4 is 40.5 Å². The third-order valence-electron chi connectivity index (χ3n) is 3.05. The smallest absolute Gasteiger partial charge is 0.243 e. The summed E-state index contributed by atoms with van der Waals surface area (Å²) in [5.74, 6) is -0.257. The molecule has 6 heteroatoms. The predicted octanol–water partition coefficient (Wildman–Crippen LogP) is 3.43. The molecule has 0 aliphatic carbocycles. The van der Waals surface area contributed by atoms with Crippen molar-refractivity contribution in [2.45, 2.75) is 0 Å². The molecule has 0 saturated carbocycles. The van der Waals surface area contributed by atoms with Crippen LogP contribution in [0.15, 0.2) is 48.5 Å². The lowest BCUT2D eigenvalue weighted by Gasteiger charge is -2.23. The monoisotopic (exact) mass is 338 g/mol. The van der Waals surface area contributed by atoms with Crippen molar-refractivity contribution in [2.75, 3.05) is 29.9 Å². The van der Waals surface area contributed by atoms with Crippen molar-refractivity contribution in [1.82, 2.24) is 0 Å². The van der Waals surface area contributed by atoms with Crippen LogP contribution in [0.5, 0.6) is 0 Å². The first kappa shape index (κ1) is 16.6. The van der Waals surface area contributed by atoms with Crippen LogP contribution in [0.1, 0.15) is 0 Å². The average Bonchev–Trinajstić information content (AvgIpc) is 2.51. The van der Waals surface area contributed by atoms with Crippen LogP contribution in [0.25, 0.3) is 0 Å². The number of aliphatic hydroxyl groups excluding tert-OH is 1. The Hall–Kier alpha value is -1.75. The molecule has 1 amide bonds. The molecule has 2 N–H and O–H groups in total. The van der Waals surface area contributed by atoms with E-state index in [9.17, 15) is 9.90 Å². The van der Waals surface area contributed by atoms with Gasteiger partial charge in [0.15, 0.2) is 0 Å². The zero-order chi connectivity index (χ0) is 15.9. The SMILES string of the molecule is O=C(CN(CCO)c1ccccc1)Nc1c(Cl)cccc1Cl. The van der Waals surface area contributed by atoms with Crippen LogP contribution < -0.4 is 10.2 Å². The first-order valence-electron chi connectivity index (χ1n) is 6.76. The Morgan fingerprint density at radius 3 is 2.27 bits per heavy atom. The predicted molar refractivity (Wildman–Crippen MR) is 90.8 cm³/mol. The highest BCUT2D eigenvalue weighted by molar-refractivity contribution is 6.39. The number of nitrogens with zero attached hydrogens (tertiary/aromatic N) is 1. The van der Waals surface area contributed by atoms with Gasteiger partial charge in [-0.05, 0) is 24.3 Å². The third-order valence-corrected chi connectivity index (χ3v) is 3.68. The van der Waals surface area contributed by atoms with Crippen LogP contribution in [0, 0.1) is 0 Å². The fraction of sp³-hybridized carbons (Fsp3) is 0.188. The minimum Gasteiger partial charge on any atom is -0.395 e. The summed E-state index contributed by atoms with van der Waals surface area (Å²) in [4.78, 5) is 14.0. The number of hydrogen-bond acceptors (Lipinski definition) is 3. The molecule has 0 atom stereocenters. The second kappa shape index (κ2) is 8.03. The van der Waals surface area contributed by atoms with Gasteiger partial charge in [0.25, 0.3) is 0 Å². The normalized spacial score (nSPS) is 10.3. The Labute approximate surface area is 139 Å². The van der Waals surface area contributed by atoms with Gasteiger partial charge in [-0.25, -0.2) is 0 Å². The second-order valence-electron chi connectivity index (χ2n) is 4.63. The van der Waals surface area contributed by atoms with Crippen molar-refractivity contribution in [3.8, 4) is 0 Å². The van der Waals surface area contributed by atoms with Gasteiger partial charge < -0.3 is 15.3 Å². The minimum atomic E-state index is -0.257. The minimum absolute atomic E-state index is 0.0466. The van der Waals surface area contributed by atoms with E-state index in [4.69, 9.17) is 23.2 Å². The molecule has 2 rings (SSSR count). The fourth-order valence-corrected chi connectivity index (χ4v) is 2.52. The van der Waals surface area contributed by atoms with Gasteiger partial charge in [0.05, 0.1) is 28.9 Å². The quantitative estimate of drug-likeness (QED) is 0.848. The van der Waals surface area contributed by atoms with Crippen molar-refractivity contribution in [3.05, 3.63) is 58.6 Å². The number of rotatable bonds is 6. The number of carbonyl (C=O) groups is 1. The highest BCUT2D eigenvalue weighted by atomic mass is 35.5. The van der Waals surface area contributed by atoms with Crippen LogP contribution in [0.4, 0.5) is 11.4 Å². The molecule has 116 valence electrons. The Kier molecular flexibility index (Phi) is 6.07. The summed E-state index contributed by atoms with van der Waals surface area (Å²) in [6.07, 6.45) is 0. The lowest BCUT2D eigenvalue weighted by molar-refractivity contribution is -0.115. The van der Waals surface area contributed by atoms with Gasteiger partial charge in [-0.1, -0.05) is 47.5 Å². The third kappa shape index (κ3) is 4.37. The number of hydrogen-bond donors (Lipinski definition) is 2. The van der Waals surface area contributed by atoms with Gasteiger partial charge in [-0.15, -0.1) is 0 Å². The molecule has 0 radical (unpaired) electrons. The molecule has 2 aromatic carbocycles. The number of aliphatic hydroxyl groups is 1. The summed E-state index contributed by atoms with van der Waals surface area (Å²) in [5.41, 5.74) is 1.25. The van der Waals surface area contributed by atoms with Gasteiger partial charge in [-0.2, -0.15) is 0 Å². The van der Waals surface area contributed by atoms with E-state index < -0.39 is 0 Å². The number of carbonyl (C=O) groups excluding carboxylic acids is 1. The van der Waals surface area contributed by atoms with E-state index >= 15 is 0 Å². The van der Waals surface area contributed by atoms with Crippen LogP contribution in [0.2, 0.25) is 10.0 Å². The Bertz CT molecular complexity index is 615. The summed E-state index contributed by atoms with van der Waals surface area (Å²) in [6.45, 7) is 0.398. The molecule has 0 fully saturated rings. The molecule has 0 heterocycles. The molecular weight excluding hydrogens is 323 g/mol. The summed E-state index contributed by atoms with van der Waals surface area (Å²) < 4.78 is 0. The van der Waals surface area contributed by atoms with Crippen LogP contribution in [-0.4, -0.2) is 30.7 Å². The Morgan fingerprint density at radius 2 is 1.68 bits per heavy atom. The van der Waals surface area contributed by atoms with Crippen molar-refractivity contribution in [3.63, 3.8) is 0 Å². The van der Waals surface area contributed by atoms with E-state index in [1.165, 1.54) is 0 Å². The molecule has 0 aliphatic rings. The van der Waals surface area contributed by atoms with Crippen LogP contribution in [0.3, 0.4) is 0 Å². The Morgan fingerprint density at radius 1 is 1.05 bits per heavy atom. The Balaban J connectivity index is 2.09. The summed E-state index contributed by atoms with van der Waals surface area (Å²) in [5, 5.41) is 12.7. The van der Waals surface area contributed by atoms with Gasteiger partial charge in [-0.3, -0.25) is 4.79 Å². The molecule has 0 aromatic heterocycles. The first-order chi connectivity index (χ1) is 10.6. The van der Waals surface area contributed by atoms with E-state index in [2.05, 4.69) is 5.32 Å². The molecule has 22 heavy (non-hydrogen) atoms. The van der Waals surface area contributed by atoms with Gasteiger partial charge in [0.2, 0.25) is 5.91 Å². The summed E-state index contributed by atoms with van der Waals surface area (Å²) in [6, 6.07) is 14.4. The molecule has 0 spiro atoms. The van der Waals surface area contributed by atoms with E-state index in [1.54, 1.807) is 23.1 Å². The fourth-order valence-electron chi connectivity index (χ4n) is 2.03. The highest BCUT2D eigenvalue weighted by Crippen LogP contribution is 2.29. The maximum Gasteiger partial charge on any atom is 0.243 e. The lowest BCUT2D eigenvalue weighted by atomic mass is 10.2. The van der Waals surface area contributed by atoms with E-state index in [0.717, 1.165) is 5.69 Å². The average molecular weight is 339 g/mol. The molecule has 4 nitrogen and oxygen atoms in total. The van der Waals surface area contributed by atoms with Gasteiger partial charge in [0, 0.05) is 12.2 Å². The molecule has 0 bridgehead atoms. The van der Waals surface area contributed by atoms with Crippen LogP contribution >= 0.6 is 23.2 Å². The van der Waals surface area contributed by atoms with Gasteiger partial charge >= 0.3 is 0 Å². The van der Waals surface area contributed by atoms with Gasteiger partial charge in [0.1, 0.15) is 0 Å². The topological polar surface area (TPSA) is 52.6 Å². The van der Waals surface area contributed by atoms with Crippen molar-refractivity contribution < 1.29 is 9.90 Å². The maximum absolute atomic E-state index is 12.2. The number of anilines is 2. The number of benzene rings is 2. The highest BCUT2D eigenvalue weighted by Gasteiger charge is 2.14. The zero-order valence-corrected chi connectivity index (χ0v) is 13.3. The van der Waals surface area contributed by atoms with Crippen molar-refractivity contribution in [2.24, 2.45) is 0 Å². The number of nitrogens with one attached hydrogen (secondary N) is 1. The molecule has 0 aliphatic heterocycles. The lowest BCUT2D eigenvalue weighted by Crippen LogP contribution is -2.35. The van der Waals surface area contributed by atoms with E-state index in [1.807, 2.05) is 30.3 Å². The van der Waals surface area contributed by atoms with E-state index in [-0.39, 0.29) is 19.1 Å². The number of para-hydroxylation sites is 2. The molecule has 0 unspecified atom stereocenters. The first-order valence-corrected chi connectivity index (χ1v) is 7.52. The summed E-state index contributed by atoms with van der Waals surface area (Å²) in [7, 11) is 0. The van der Waals surface area contributed by atoms with Crippen LogP contribution in [-0.2, 0) is 4.79 Å². The number of halogens is 2.